The molecule has 2 aromatic heterocycles. The largest absolute Gasteiger partial charge is 0.490 e. The van der Waals surface area contributed by atoms with Crippen LogP contribution in [0.25, 0.3) is 11.0 Å². The average molecular weight is 716 g/mol. The standard InChI is InChI=1S/C40H50FN5O6/c1-38(2,25-41)44-37(50)40(21-27-10-6-5-7-11-27)26-46(39(3,4)34-20-28-22-42-17-16-32(28)52-34)19-18-45(40)23-29(47)14-15-35(49)43-36-30-12-8-9-13-33(30)51-24-31(36)48/h5-13,16-17,20,22,29,31,36,47-48H,14-15,18-19,21,23-26H2,1-4H3,(H,43,49)(H,44,50)/t29-,31+,36-,40-/m0/s1. The highest BCUT2D eigenvalue weighted by molar-refractivity contribution is 5.88. The highest BCUT2D eigenvalue weighted by Crippen LogP contribution is 2.38. The molecule has 12 heteroatoms. The third-order valence-electron chi connectivity index (χ3n) is 10.5. The normalized spacial score (nSPS) is 22.0. The van der Waals surface area contributed by atoms with Crippen LogP contribution in [0.5, 0.6) is 5.75 Å². The van der Waals surface area contributed by atoms with E-state index in [1.807, 2.05) is 65.6 Å². The van der Waals surface area contributed by atoms with Gasteiger partial charge in [-0.25, -0.2) is 4.39 Å². The molecule has 4 N–H and O–H groups in total. The van der Waals surface area contributed by atoms with Gasteiger partial charge < -0.3 is 30.0 Å². The van der Waals surface area contributed by atoms with Crippen molar-refractivity contribution in [1.29, 1.82) is 0 Å². The topological polar surface area (TPSA) is 140 Å². The smallest absolute Gasteiger partial charge is 0.242 e. The summed E-state index contributed by atoms with van der Waals surface area (Å²) in [4.78, 5) is 36.3. The van der Waals surface area contributed by atoms with Crippen LogP contribution in [0.4, 0.5) is 4.39 Å². The molecule has 2 aliphatic rings. The number of para-hydroxylation sites is 1. The summed E-state index contributed by atoms with van der Waals surface area (Å²) in [6, 6.07) is 20.1. The van der Waals surface area contributed by atoms with Crippen LogP contribution in [0, 0.1) is 0 Å². The Balaban J connectivity index is 1.25. The van der Waals surface area contributed by atoms with Crippen LogP contribution in [-0.4, -0.2) is 99.6 Å². The maximum absolute atomic E-state index is 14.7. The number of piperazine rings is 1. The molecule has 11 nitrogen and oxygen atoms in total. The molecule has 2 aromatic carbocycles. The minimum Gasteiger partial charge on any atom is -0.490 e. The Labute approximate surface area is 304 Å². The van der Waals surface area contributed by atoms with E-state index in [9.17, 15) is 24.2 Å². The lowest BCUT2D eigenvalue weighted by molar-refractivity contribution is -0.146. The van der Waals surface area contributed by atoms with Gasteiger partial charge in [0.1, 0.15) is 42.0 Å². The Bertz CT molecular complexity index is 1820. The van der Waals surface area contributed by atoms with Crippen LogP contribution < -0.4 is 15.4 Å². The fraction of sp³-hybridized carbons (Fsp3) is 0.475. The monoisotopic (exact) mass is 715 g/mol. The molecule has 52 heavy (non-hydrogen) atoms. The lowest BCUT2D eigenvalue weighted by Crippen LogP contribution is -2.73. The van der Waals surface area contributed by atoms with Gasteiger partial charge in [0.05, 0.1) is 23.2 Å². The highest BCUT2D eigenvalue weighted by atomic mass is 19.1. The van der Waals surface area contributed by atoms with E-state index in [1.165, 1.54) is 0 Å². The van der Waals surface area contributed by atoms with Crippen LogP contribution in [0.2, 0.25) is 0 Å². The molecule has 1 saturated heterocycles. The molecule has 0 spiro atoms. The number of aliphatic hydroxyl groups excluding tert-OH is 2. The molecule has 0 radical (unpaired) electrons. The fourth-order valence-electron chi connectivity index (χ4n) is 7.30. The zero-order chi connectivity index (χ0) is 37.1. The number of carbonyl (C=O) groups is 2. The molecule has 1 fully saturated rings. The zero-order valence-corrected chi connectivity index (χ0v) is 30.3. The summed E-state index contributed by atoms with van der Waals surface area (Å²) in [6.45, 7) is 8.06. The lowest BCUT2D eigenvalue weighted by atomic mass is 9.82. The first kappa shape index (κ1) is 37.4. The van der Waals surface area contributed by atoms with Crippen LogP contribution in [-0.2, 0) is 21.5 Å². The number of benzene rings is 2. The number of amides is 2. The van der Waals surface area contributed by atoms with Gasteiger partial charge in [0, 0.05) is 62.4 Å². The van der Waals surface area contributed by atoms with Crippen molar-refractivity contribution >= 4 is 22.8 Å². The van der Waals surface area contributed by atoms with E-state index >= 15 is 0 Å². The van der Waals surface area contributed by atoms with Crippen molar-refractivity contribution in [2.75, 3.05) is 39.5 Å². The number of halogens is 1. The number of aromatic nitrogens is 1. The number of nitrogens with one attached hydrogen (secondary N) is 2. The molecule has 278 valence electrons. The summed E-state index contributed by atoms with van der Waals surface area (Å²) >= 11 is 0. The number of rotatable bonds is 13. The van der Waals surface area contributed by atoms with E-state index in [2.05, 4.69) is 34.4 Å². The Kier molecular flexibility index (Phi) is 11.0. The number of ether oxygens (including phenoxy) is 1. The molecule has 6 rings (SSSR count). The molecule has 4 atom stereocenters. The molecule has 0 bridgehead atoms. The summed E-state index contributed by atoms with van der Waals surface area (Å²) in [5.41, 5.74) is -0.664. The maximum atomic E-state index is 14.7. The van der Waals surface area contributed by atoms with E-state index in [0.717, 1.165) is 22.3 Å². The highest BCUT2D eigenvalue weighted by Gasteiger charge is 2.52. The Morgan fingerprint density at radius 2 is 1.83 bits per heavy atom. The average Bonchev–Trinajstić information content (AvgIpc) is 3.58. The number of hydrogen-bond acceptors (Lipinski definition) is 9. The second-order valence-electron chi connectivity index (χ2n) is 15.3. The van der Waals surface area contributed by atoms with Crippen molar-refractivity contribution in [2.24, 2.45) is 0 Å². The van der Waals surface area contributed by atoms with E-state index in [4.69, 9.17) is 9.15 Å². The Hall–Kier alpha value is -4.36. The molecule has 0 saturated carbocycles. The van der Waals surface area contributed by atoms with E-state index < -0.39 is 41.5 Å². The van der Waals surface area contributed by atoms with Crippen LogP contribution in [0.3, 0.4) is 0 Å². The first-order valence-corrected chi connectivity index (χ1v) is 18.0. The summed E-state index contributed by atoms with van der Waals surface area (Å²) in [7, 11) is 0. The van der Waals surface area contributed by atoms with Gasteiger partial charge in [-0.15, -0.1) is 0 Å². The van der Waals surface area contributed by atoms with E-state index in [0.29, 0.717) is 30.8 Å². The lowest BCUT2D eigenvalue weighted by Gasteiger charge is -2.54. The Morgan fingerprint density at radius 1 is 1.08 bits per heavy atom. The number of alkyl halides is 1. The SMILES string of the molecule is CC(C)(CF)NC(=O)[C@]1(Cc2ccccc2)CN(C(C)(C)c2cc3cnccc3o2)CCN1C[C@@H](O)CCC(=O)N[C@H]1c2ccccc2OC[C@H]1O. The van der Waals surface area contributed by atoms with Crippen LogP contribution in [0.1, 0.15) is 63.5 Å². The number of hydrogen-bond donors (Lipinski definition) is 4. The molecule has 2 amide bonds. The molecule has 0 aliphatic carbocycles. The zero-order valence-electron chi connectivity index (χ0n) is 30.3. The van der Waals surface area contributed by atoms with Crippen molar-refractivity contribution in [3.05, 3.63) is 96.0 Å². The van der Waals surface area contributed by atoms with Gasteiger partial charge in [0.25, 0.3) is 0 Å². The summed E-state index contributed by atoms with van der Waals surface area (Å²) < 4.78 is 26.2. The minimum absolute atomic E-state index is 0.00802. The molecule has 4 aromatic rings. The van der Waals surface area contributed by atoms with E-state index in [-0.39, 0.29) is 44.4 Å². The predicted octanol–water partition coefficient (Wildman–Crippen LogP) is 4.28. The predicted molar refractivity (Wildman–Crippen MR) is 195 cm³/mol. The number of furan rings is 1. The molecule has 4 heterocycles. The van der Waals surface area contributed by atoms with Gasteiger partial charge in [-0.1, -0.05) is 48.5 Å². The van der Waals surface area contributed by atoms with Gasteiger partial charge >= 0.3 is 0 Å². The number of aliphatic hydroxyl groups is 2. The number of nitrogens with zero attached hydrogens (tertiary/aromatic N) is 3. The third kappa shape index (κ3) is 8.00. The first-order chi connectivity index (χ1) is 24.8. The quantitative estimate of drug-likeness (QED) is 0.160. The third-order valence-corrected chi connectivity index (χ3v) is 10.5. The van der Waals surface area contributed by atoms with Crippen molar-refractivity contribution in [2.45, 2.75) is 81.8 Å². The van der Waals surface area contributed by atoms with Crippen molar-refractivity contribution in [3.63, 3.8) is 0 Å². The first-order valence-electron chi connectivity index (χ1n) is 18.0. The van der Waals surface area contributed by atoms with Gasteiger partial charge in [-0.05, 0) is 57.9 Å². The molecular formula is C40H50FN5O6. The van der Waals surface area contributed by atoms with Crippen molar-refractivity contribution < 1.29 is 33.3 Å². The minimum atomic E-state index is -1.23. The van der Waals surface area contributed by atoms with Gasteiger partial charge in [0.15, 0.2) is 0 Å². The summed E-state index contributed by atoms with van der Waals surface area (Å²) in [5, 5.41) is 28.9. The second-order valence-corrected chi connectivity index (χ2v) is 15.3. The van der Waals surface area contributed by atoms with Gasteiger partial charge in [0.2, 0.25) is 11.8 Å². The number of carbonyl (C=O) groups excluding carboxylic acids is 2. The molecule has 0 unspecified atom stereocenters. The molecule has 2 aliphatic heterocycles. The second kappa shape index (κ2) is 15.3. The van der Waals surface area contributed by atoms with Crippen LogP contribution >= 0.6 is 0 Å². The van der Waals surface area contributed by atoms with Crippen molar-refractivity contribution in [3.8, 4) is 5.75 Å². The van der Waals surface area contributed by atoms with Crippen molar-refractivity contribution in [1.82, 2.24) is 25.4 Å². The Morgan fingerprint density at radius 3 is 2.58 bits per heavy atom. The maximum Gasteiger partial charge on any atom is 0.242 e. The van der Waals surface area contributed by atoms with Gasteiger partial charge in [-0.2, -0.15) is 0 Å². The fourth-order valence-corrected chi connectivity index (χ4v) is 7.30. The number of β-amino-alcohol motifs (C(OH)–C–C–N with tert-alkyl or cyclic N) is 1. The summed E-state index contributed by atoms with van der Waals surface area (Å²) in [6.07, 6.45) is 2.01. The van der Waals surface area contributed by atoms with Gasteiger partial charge in [-0.3, -0.25) is 24.4 Å². The van der Waals surface area contributed by atoms with E-state index in [1.54, 1.807) is 32.3 Å². The molecular weight excluding hydrogens is 665 g/mol. The number of fused-ring (bicyclic) bond motifs is 2. The van der Waals surface area contributed by atoms with Crippen LogP contribution in [0.15, 0.2) is 83.5 Å². The number of pyridine rings is 1. The summed E-state index contributed by atoms with van der Waals surface area (Å²) in [5.74, 6) is 0.683.